The van der Waals surface area contributed by atoms with Crippen molar-refractivity contribution in [3.05, 3.63) is 76.5 Å². The second-order valence-electron chi connectivity index (χ2n) is 4.96. The summed E-state index contributed by atoms with van der Waals surface area (Å²) in [6.45, 7) is 0. The minimum absolute atomic E-state index is 0.576. The summed E-state index contributed by atoms with van der Waals surface area (Å²) in [5.41, 5.74) is 2.71. The van der Waals surface area contributed by atoms with E-state index in [4.69, 9.17) is 16.3 Å². The van der Waals surface area contributed by atoms with Crippen LogP contribution in [0.25, 0.3) is 5.57 Å². The van der Waals surface area contributed by atoms with Gasteiger partial charge in [-0.3, -0.25) is 0 Å². The molecule has 0 fully saturated rings. The Balaban J connectivity index is 2.10. The molecule has 0 saturated heterocycles. The molecule has 0 radical (unpaired) electrons. The maximum absolute atomic E-state index is 9.45. The van der Waals surface area contributed by atoms with Crippen LogP contribution >= 0.6 is 11.6 Å². The number of halogens is 1. The SMILES string of the molecule is CO/C(CCCc1ccccc1)=C(\C#N)c1ccc(Cl)cc1. The first-order chi connectivity index (χ1) is 10.7. The summed E-state index contributed by atoms with van der Waals surface area (Å²) in [5.74, 6) is 0.723. The van der Waals surface area contributed by atoms with Crippen LogP contribution in [0.1, 0.15) is 24.0 Å². The van der Waals surface area contributed by atoms with Crippen molar-refractivity contribution in [2.24, 2.45) is 0 Å². The molecule has 0 N–H and O–H groups in total. The van der Waals surface area contributed by atoms with Gasteiger partial charge in [0, 0.05) is 11.4 Å². The molecule has 112 valence electrons. The number of nitriles is 1. The zero-order chi connectivity index (χ0) is 15.8. The van der Waals surface area contributed by atoms with Crippen molar-refractivity contribution in [3.8, 4) is 6.07 Å². The lowest BCUT2D eigenvalue weighted by Gasteiger charge is -2.10. The fourth-order valence-electron chi connectivity index (χ4n) is 2.33. The first-order valence-corrected chi connectivity index (χ1v) is 7.59. The monoisotopic (exact) mass is 311 g/mol. The van der Waals surface area contributed by atoms with Crippen molar-refractivity contribution in [1.29, 1.82) is 5.26 Å². The molecule has 2 rings (SSSR count). The van der Waals surface area contributed by atoms with E-state index in [0.717, 1.165) is 30.6 Å². The minimum Gasteiger partial charge on any atom is -0.500 e. The predicted molar refractivity (Wildman–Crippen MR) is 90.4 cm³/mol. The van der Waals surface area contributed by atoms with Crippen LogP contribution in [0.2, 0.25) is 5.02 Å². The number of hydrogen-bond donors (Lipinski definition) is 0. The van der Waals surface area contributed by atoms with Crippen LogP contribution in [0.3, 0.4) is 0 Å². The number of benzene rings is 2. The molecule has 22 heavy (non-hydrogen) atoms. The summed E-state index contributed by atoms with van der Waals surface area (Å²) >= 11 is 5.89. The first-order valence-electron chi connectivity index (χ1n) is 7.21. The Hall–Kier alpha value is -2.24. The van der Waals surface area contributed by atoms with Crippen molar-refractivity contribution in [3.63, 3.8) is 0 Å². The second kappa shape index (κ2) is 8.26. The molecule has 3 heteroatoms. The van der Waals surface area contributed by atoms with Gasteiger partial charge in [0.25, 0.3) is 0 Å². The average molecular weight is 312 g/mol. The smallest absolute Gasteiger partial charge is 0.114 e. The van der Waals surface area contributed by atoms with Gasteiger partial charge in [-0.2, -0.15) is 5.26 Å². The predicted octanol–water partition coefficient (Wildman–Crippen LogP) is 5.24. The third-order valence-electron chi connectivity index (χ3n) is 3.48. The van der Waals surface area contributed by atoms with Crippen molar-refractivity contribution in [2.75, 3.05) is 7.11 Å². The molecule has 0 amide bonds. The number of allylic oxidation sites excluding steroid dienone is 2. The van der Waals surface area contributed by atoms with E-state index in [0.29, 0.717) is 10.6 Å². The molecule has 0 bridgehead atoms. The van der Waals surface area contributed by atoms with E-state index in [1.807, 2.05) is 30.3 Å². The van der Waals surface area contributed by atoms with Crippen LogP contribution in [0, 0.1) is 11.3 Å². The van der Waals surface area contributed by atoms with Crippen molar-refractivity contribution < 1.29 is 4.74 Å². The van der Waals surface area contributed by atoms with Crippen LogP contribution in [-0.2, 0) is 11.2 Å². The van der Waals surface area contributed by atoms with E-state index in [1.165, 1.54) is 5.56 Å². The van der Waals surface area contributed by atoms with Gasteiger partial charge < -0.3 is 4.74 Å². The third kappa shape index (κ3) is 4.38. The highest BCUT2D eigenvalue weighted by Gasteiger charge is 2.10. The molecule has 0 aromatic heterocycles. The normalized spacial score (nSPS) is 11.5. The van der Waals surface area contributed by atoms with E-state index in [9.17, 15) is 5.26 Å². The van der Waals surface area contributed by atoms with E-state index in [2.05, 4.69) is 18.2 Å². The summed E-state index contributed by atoms with van der Waals surface area (Å²) in [6, 6.07) is 19.8. The minimum atomic E-state index is 0.576. The zero-order valence-electron chi connectivity index (χ0n) is 12.6. The summed E-state index contributed by atoms with van der Waals surface area (Å²) in [7, 11) is 1.62. The van der Waals surface area contributed by atoms with Crippen molar-refractivity contribution in [1.82, 2.24) is 0 Å². The number of nitrogens with zero attached hydrogens (tertiary/aromatic N) is 1. The lowest BCUT2D eigenvalue weighted by molar-refractivity contribution is 0.278. The maximum Gasteiger partial charge on any atom is 0.114 e. The zero-order valence-corrected chi connectivity index (χ0v) is 13.3. The molecule has 2 aromatic rings. The Morgan fingerprint density at radius 2 is 1.77 bits per heavy atom. The summed E-state index contributed by atoms with van der Waals surface area (Å²) in [4.78, 5) is 0. The van der Waals surface area contributed by atoms with Crippen LogP contribution in [-0.4, -0.2) is 7.11 Å². The van der Waals surface area contributed by atoms with E-state index in [-0.39, 0.29) is 0 Å². The third-order valence-corrected chi connectivity index (χ3v) is 3.73. The maximum atomic E-state index is 9.45. The number of aryl methyl sites for hydroxylation is 1. The fraction of sp³-hybridized carbons (Fsp3) is 0.211. The van der Waals surface area contributed by atoms with Gasteiger partial charge >= 0.3 is 0 Å². The van der Waals surface area contributed by atoms with Crippen LogP contribution in [0.5, 0.6) is 0 Å². The highest BCUT2D eigenvalue weighted by molar-refractivity contribution is 6.30. The molecule has 2 nitrogen and oxygen atoms in total. The summed E-state index contributed by atoms with van der Waals surface area (Å²) < 4.78 is 5.45. The molecule has 2 aromatic carbocycles. The lowest BCUT2D eigenvalue weighted by atomic mass is 10.0. The molecule has 0 aliphatic carbocycles. The molecule has 0 aliphatic heterocycles. The Kier molecular flexibility index (Phi) is 6.06. The van der Waals surface area contributed by atoms with Gasteiger partial charge in [0.1, 0.15) is 11.8 Å². The summed E-state index contributed by atoms with van der Waals surface area (Å²) in [6.07, 6.45) is 2.63. The quantitative estimate of drug-likeness (QED) is 0.539. The summed E-state index contributed by atoms with van der Waals surface area (Å²) in [5, 5.41) is 10.1. The lowest BCUT2D eigenvalue weighted by Crippen LogP contribution is -1.96. The Labute approximate surface area is 136 Å². The second-order valence-corrected chi connectivity index (χ2v) is 5.40. The van der Waals surface area contributed by atoms with E-state index in [1.54, 1.807) is 19.2 Å². The van der Waals surface area contributed by atoms with Crippen LogP contribution < -0.4 is 0 Å². The largest absolute Gasteiger partial charge is 0.500 e. The van der Waals surface area contributed by atoms with Gasteiger partial charge in [-0.15, -0.1) is 0 Å². The van der Waals surface area contributed by atoms with Gasteiger partial charge in [-0.25, -0.2) is 0 Å². The standard InChI is InChI=1S/C19H18ClNO/c1-22-19(9-5-8-15-6-3-2-4-7-15)18(14-21)16-10-12-17(20)13-11-16/h2-4,6-7,10-13H,5,8-9H2,1H3/b19-18+. The number of rotatable bonds is 6. The van der Waals surface area contributed by atoms with Crippen molar-refractivity contribution >= 4 is 17.2 Å². The van der Waals surface area contributed by atoms with E-state index < -0.39 is 0 Å². The molecular weight excluding hydrogens is 294 g/mol. The highest BCUT2D eigenvalue weighted by Crippen LogP contribution is 2.24. The number of hydrogen-bond acceptors (Lipinski definition) is 2. The molecule has 0 unspecified atom stereocenters. The molecule has 0 heterocycles. The molecular formula is C19H18ClNO. The highest BCUT2D eigenvalue weighted by atomic mass is 35.5. The van der Waals surface area contributed by atoms with Gasteiger partial charge in [-0.05, 0) is 36.1 Å². The van der Waals surface area contributed by atoms with E-state index >= 15 is 0 Å². The van der Waals surface area contributed by atoms with Gasteiger partial charge in [0.05, 0.1) is 12.7 Å². The fourth-order valence-corrected chi connectivity index (χ4v) is 2.46. The average Bonchev–Trinajstić information content (AvgIpc) is 2.56. The molecule has 0 atom stereocenters. The number of methoxy groups -OCH3 is 1. The topological polar surface area (TPSA) is 33.0 Å². The molecule has 0 saturated carbocycles. The Morgan fingerprint density at radius 1 is 1.09 bits per heavy atom. The first kappa shape index (κ1) is 16.1. The Bertz CT molecular complexity index is 669. The number of ether oxygens (including phenoxy) is 1. The van der Waals surface area contributed by atoms with Crippen LogP contribution in [0.4, 0.5) is 0 Å². The van der Waals surface area contributed by atoms with Gasteiger partial charge in [0.2, 0.25) is 0 Å². The van der Waals surface area contributed by atoms with Crippen LogP contribution in [0.15, 0.2) is 60.4 Å². The Morgan fingerprint density at radius 3 is 2.36 bits per heavy atom. The van der Waals surface area contributed by atoms with Gasteiger partial charge in [0.15, 0.2) is 0 Å². The molecule has 0 spiro atoms. The van der Waals surface area contributed by atoms with Gasteiger partial charge in [-0.1, -0.05) is 54.1 Å². The van der Waals surface area contributed by atoms with Crippen molar-refractivity contribution in [2.45, 2.75) is 19.3 Å². The molecule has 0 aliphatic rings.